The lowest BCUT2D eigenvalue weighted by molar-refractivity contribution is 0.0685. The van der Waals surface area contributed by atoms with E-state index in [0.29, 0.717) is 11.6 Å². The van der Waals surface area contributed by atoms with Gasteiger partial charge >= 0.3 is 0 Å². The Balaban J connectivity index is 1.95. The lowest BCUT2D eigenvalue weighted by Crippen LogP contribution is -2.30. The number of nitrogens with zero attached hydrogens (tertiary/aromatic N) is 3. The summed E-state index contributed by atoms with van der Waals surface area (Å²) in [4.78, 5) is 10.5. The van der Waals surface area contributed by atoms with Crippen molar-refractivity contribution in [3.63, 3.8) is 0 Å². The van der Waals surface area contributed by atoms with E-state index in [4.69, 9.17) is 9.84 Å². The van der Waals surface area contributed by atoms with Crippen molar-refractivity contribution in [2.45, 2.75) is 19.4 Å². The number of aromatic nitrogens is 2. The predicted molar refractivity (Wildman–Crippen MR) is 64.8 cm³/mol. The van der Waals surface area contributed by atoms with Crippen molar-refractivity contribution in [3.05, 3.63) is 18.1 Å². The number of rotatable bonds is 4. The lowest BCUT2D eigenvalue weighted by atomic mass is 10.00. The number of anilines is 1. The van der Waals surface area contributed by atoms with E-state index in [1.165, 1.54) is 0 Å². The molecule has 0 bridgehead atoms. The van der Waals surface area contributed by atoms with E-state index in [2.05, 4.69) is 14.9 Å². The average Bonchev–Trinajstić information content (AvgIpc) is 2.40. The standard InChI is InChI=1S/C12H19N3O2/c1-15(8-10-2-4-17-5-3-10)12-7-13-6-11(9-16)14-12/h6-7,10,16H,2-5,8-9H2,1H3. The Kier molecular flexibility index (Phi) is 4.28. The van der Waals surface area contributed by atoms with Gasteiger partial charge in [0.15, 0.2) is 0 Å². The first kappa shape index (κ1) is 12.3. The molecule has 0 saturated carbocycles. The highest BCUT2D eigenvalue weighted by Crippen LogP contribution is 2.18. The van der Waals surface area contributed by atoms with Gasteiger partial charge in [-0.2, -0.15) is 0 Å². The van der Waals surface area contributed by atoms with E-state index in [9.17, 15) is 0 Å². The summed E-state index contributed by atoms with van der Waals surface area (Å²) in [6, 6.07) is 0. The van der Waals surface area contributed by atoms with Crippen LogP contribution in [0.25, 0.3) is 0 Å². The van der Waals surface area contributed by atoms with Gasteiger partial charge in [-0.3, -0.25) is 4.98 Å². The first-order valence-electron chi connectivity index (χ1n) is 6.00. The number of hydrogen-bond donors (Lipinski definition) is 1. The third-order valence-electron chi connectivity index (χ3n) is 3.10. The van der Waals surface area contributed by atoms with Gasteiger partial charge in [0.1, 0.15) is 5.82 Å². The molecule has 1 saturated heterocycles. The first-order valence-corrected chi connectivity index (χ1v) is 6.00. The highest BCUT2D eigenvalue weighted by molar-refractivity contribution is 5.35. The molecule has 1 aromatic rings. The minimum atomic E-state index is -0.0635. The van der Waals surface area contributed by atoms with E-state index < -0.39 is 0 Å². The molecule has 0 spiro atoms. The largest absolute Gasteiger partial charge is 0.390 e. The maximum atomic E-state index is 9.03. The van der Waals surface area contributed by atoms with Crippen LogP contribution < -0.4 is 4.90 Å². The summed E-state index contributed by atoms with van der Waals surface area (Å²) in [6.45, 7) is 2.63. The minimum Gasteiger partial charge on any atom is -0.390 e. The smallest absolute Gasteiger partial charge is 0.147 e. The van der Waals surface area contributed by atoms with Crippen LogP contribution in [0.2, 0.25) is 0 Å². The van der Waals surface area contributed by atoms with Crippen molar-refractivity contribution in [1.29, 1.82) is 0 Å². The van der Waals surface area contributed by atoms with Gasteiger partial charge in [0.2, 0.25) is 0 Å². The SMILES string of the molecule is CN(CC1CCOCC1)c1cncc(CO)n1. The summed E-state index contributed by atoms with van der Waals surface area (Å²) in [5, 5.41) is 9.03. The molecule has 2 rings (SSSR count). The van der Waals surface area contributed by atoms with Crippen molar-refractivity contribution in [2.24, 2.45) is 5.92 Å². The van der Waals surface area contributed by atoms with Gasteiger partial charge in [0, 0.05) is 26.8 Å². The average molecular weight is 237 g/mol. The van der Waals surface area contributed by atoms with Gasteiger partial charge in [-0.05, 0) is 18.8 Å². The highest BCUT2D eigenvalue weighted by Gasteiger charge is 2.16. The van der Waals surface area contributed by atoms with E-state index in [-0.39, 0.29) is 6.61 Å². The van der Waals surface area contributed by atoms with Crippen molar-refractivity contribution in [3.8, 4) is 0 Å². The summed E-state index contributed by atoms with van der Waals surface area (Å²) in [5.74, 6) is 1.48. The molecule has 0 aliphatic carbocycles. The second-order valence-corrected chi connectivity index (χ2v) is 4.46. The monoisotopic (exact) mass is 237 g/mol. The molecule has 1 aliphatic rings. The summed E-state index contributed by atoms with van der Waals surface area (Å²) in [5.41, 5.74) is 0.612. The van der Waals surface area contributed by atoms with E-state index >= 15 is 0 Å². The predicted octanol–water partition coefficient (Wildman–Crippen LogP) is 0.832. The summed E-state index contributed by atoms with van der Waals surface area (Å²) >= 11 is 0. The Morgan fingerprint density at radius 1 is 1.41 bits per heavy atom. The summed E-state index contributed by atoms with van der Waals surface area (Å²) in [6.07, 6.45) is 5.54. The van der Waals surface area contributed by atoms with Crippen LogP contribution in [0.3, 0.4) is 0 Å². The third kappa shape index (κ3) is 3.38. The molecule has 1 N–H and O–H groups in total. The topological polar surface area (TPSA) is 58.5 Å². The molecule has 0 atom stereocenters. The van der Waals surface area contributed by atoms with Gasteiger partial charge in [-0.1, -0.05) is 0 Å². The fourth-order valence-electron chi connectivity index (χ4n) is 2.06. The van der Waals surface area contributed by atoms with Gasteiger partial charge in [-0.25, -0.2) is 4.98 Å². The van der Waals surface area contributed by atoms with E-state index in [0.717, 1.165) is 38.4 Å². The van der Waals surface area contributed by atoms with Crippen molar-refractivity contribution in [2.75, 3.05) is 31.7 Å². The molecule has 1 aliphatic heterocycles. The van der Waals surface area contributed by atoms with Crippen LogP contribution in [0.5, 0.6) is 0 Å². The van der Waals surface area contributed by atoms with Crippen LogP contribution in [0, 0.1) is 5.92 Å². The fourth-order valence-corrected chi connectivity index (χ4v) is 2.06. The zero-order chi connectivity index (χ0) is 12.1. The van der Waals surface area contributed by atoms with Gasteiger partial charge < -0.3 is 14.7 Å². The molecular formula is C12H19N3O2. The molecule has 1 aromatic heterocycles. The van der Waals surface area contributed by atoms with Crippen LogP contribution in [0.15, 0.2) is 12.4 Å². The maximum absolute atomic E-state index is 9.03. The van der Waals surface area contributed by atoms with Crippen LogP contribution in [0.1, 0.15) is 18.5 Å². The van der Waals surface area contributed by atoms with E-state index in [1.807, 2.05) is 7.05 Å². The molecule has 2 heterocycles. The fraction of sp³-hybridized carbons (Fsp3) is 0.667. The number of hydrogen-bond acceptors (Lipinski definition) is 5. The van der Waals surface area contributed by atoms with Crippen molar-refractivity contribution >= 4 is 5.82 Å². The van der Waals surface area contributed by atoms with Crippen LogP contribution in [-0.4, -0.2) is 41.9 Å². The molecule has 0 aromatic carbocycles. The number of aliphatic hydroxyl groups is 1. The summed E-state index contributed by atoms with van der Waals surface area (Å²) in [7, 11) is 2.01. The Labute approximate surface area is 101 Å². The Morgan fingerprint density at radius 3 is 2.88 bits per heavy atom. The number of aliphatic hydroxyl groups excluding tert-OH is 1. The molecule has 17 heavy (non-hydrogen) atoms. The normalized spacial score (nSPS) is 17.1. The van der Waals surface area contributed by atoms with Gasteiger partial charge in [0.05, 0.1) is 24.7 Å². The minimum absolute atomic E-state index is 0.0635. The zero-order valence-corrected chi connectivity index (χ0v) is 10.2. The lowest BCUT2D eigenvalue weighted by Gasteiger charge is -2.27. The molecule has 0 amide bonds. The second-order valence-electron chi connectivity index (χ2n) is 4.46. The van der Waals surface area contributed by atoms with Gasteiger partial charge in [-0.15, -0.1) is 0 Å². The Hall–Kier alpha value is -1.20. The molecule has 1 fully saturated rings. The second kappa shape index (κ2) is 5.93. The molecule has 5 heteroatoms. The Bertz CT molecular complexity index is 353. The quantitative estimate of drug-likeness (QED) is 0.840. The van der Waals surface area contributed by atoms with Crippen molar-refractivity contribution < 1.29 is 9.84 Å². The Morgan fingerprint density at radius 2 is 2.18 bits per heavy atom. The van der Waals surface area contributed by atoms with Crippen LogP contribution in [-0.2, 0) is 11.3 Å². The van der Waals surface area contributed by atoms with Crippen LogP contribution in [0.4, 0.5) is 5.82 Å². The van der Waals surface area contributed by atoms with Gasteiger partial charge in [0.25, 0.3) is 0 Å². The molecule has 0 radical (unpaired) electrons. The zero-order valence-electron chi connectivity index (χ0n) is 10.2. The summed E-state index contributed by atoms with van der Waals surface area (Å²) < 4.78 is 5.34. The molecule has 5 nitrogen and oxygen atoms in total. The maximum Gasteiger partial charge on any atom is 0.147 e. The first-order chi connectivity index (χ1) is 8.29. The van der Waals surface area contributed by atoms with E-state index in [1.54, 1.807) is 12.4 Å². The molecular weight excluding hydrogens is 218 g/mol. The van der Waals surface area contributed by atoms with Crippen molar-refractivity contribution in [1.82, 2.24) is 9.97 Å². The third-order valence-corrected chi connectivity index (χ3v) is 3.10. The number of ether oxygens (including phenoxy) is 1. The molecule has 0 unspecified atom stereocenters. The molecule has 94 valence electrons. The highest BCUT2D eigenvalue weighted by atomic mass is 16.5. The van der Waals surface area contributed by atoms with Crippen LogP contribution >= 0.6 is 0 Å².